The summed E-state index contributed by atoms with van der Waals surface area (Å²) in [5.41, 5.74) is -3.86. The number of hydrogen-bond donors (Lipinski definition) is 2. The van der Waals surface area contributed by atoms with Gasteiger partial charge in [-0.1, -0.05) is 6.58 Å². The number of phenolic OH excluding ortho intramolecular Hbond substituents is 1. The molecule has 0 spiro atoms. The minimum absolute atomic E-state index is 0.0934. The smallest absolute Gasteiger partial charge is 0.421 e. The van der Waals surface area contributed by atoms with Gasteiger partial charge in [0.05, 0.1) is 0 Å². The lowest BCUT2D eigenvalue weighted by atomic mass is 9.94. The highest BCUT2D eigenvalue weighted by molar-refractivity contribution is 5.88. The molecule has 1 atom stereocenters. The van der Waals surface area contributed by atoms with Crippen molar-refractivity contribution in [1.29, 1.82) is 0 Å². The number of esters is 1. The van der Waals surface area contributed by atoms with Crippen LogP contribution in [0.5, 0.6) is 11.5 Å². The molecular weight excluding hydrogens is 277 g/mol. The number of aromatic hydroxyl groups is 1. The molecule has 0 amide bonds. The maximum absolute atomic E-state index is 12.7. The average molecular weight is 290 g/mol. The van der Waals surface area contributed by atoms with Crippen LogP contribution in [0, 0.1) is 0 Å². The van der Waals surface area contributed by atoms with Crippen LogP contribution in [-0.2, 0) is 10.4 Å². The van der Waals surface area contributed by atoms with Crippen LogP contribution in [0.3, 0.4) is 0 Å². The molecule has 0 bridgehead atoms. The number of alkyl halides is 3. The van der Waals surface area contributed by atoms with Crippen molar-refractivity contribution in [2.24, 2.45) is 0 Å². The number of hydrogen-bond acceptors (Lipinski definition) is 4. The van der Waals surface area contributed by atoms with Crippen LogP contribution in [0.4, 0.5) is 13.2 Å². The van der Waals surface area contributed by atoms with Crippen LogP contribution in [0.1, 0.15) is 19.4 Å². The third-order valence-electron chi connectivity index (χ3n) is 2.60. The molecular formula is C13H13F3O4. The van der Waals surface area contributed by atoms with Gasteiger partial charge in [0.2, 0.25) is 0 Å². The fourth-order valence-corrected chi connectivity index (χ4v) is 1.33. The van der Waals surface area contributed by atoms with Crippen molar-refractivity contribution in [2.75, 3.05) is 0 Å². The summed E-state index contributed by atoms with van der Waals surface area (Å²) in [5, 5.41) is 19.0. The average Bonchev–Trinajstić information content (AvgIpc) is 2.26. The van der Waals surface area contributed by atoms with E-state index in [0.717, 1.165) is 18.2 Å². The van der Waals surface area contributed by atoms with Crippen molar-refractivity contribution in [3.63, 3.8) is 0 Å². The minimum atomic E-state index is -4.96. The SMILES string of the molecule is C=C(C)C(=O)Oc1ccc(C(C)(O)C(F)(F)F)c(O)c1. The van der Waals surface area contributed by atoms with E-state index in [4.69, 9.17) is 4.74 Å². The first kappa shape index (κ1) is 16.0. The molecule has 0 fully saturated rings. The first-order chi connectivity index (χ1) is 8.96. The number of aliphatic hydroxyl groups is 1. The Bertz CT molecular complexity index is 547. The molecule has 1 rings (SSSR count). The molecule has 0 aromatic heterocycles. The van der Waals surface area contributed by atoms with Gasteiger partial charge in [0.1, 0.15) is 11.5 Å². The Morgan fingerprint density at radius 3 is 2.30 bits per heavy atom. The van der Waals surface area contributed by atoms with Crippen molar-refractivity contribution in [1.82, 2.24) is 0 Å². The maximum atomic E-state index is 12.7. The molecule has 0 heterocycles. The van der Waals surface area contributed by atoms with Gasteiger partial charge in [0.15, 0.2) is 5.60 Å². The molecule has 1 aromatic rings. The molecule has 0 saturated heterocycles. The van der Waals surface area contributed by atoms with E-state index in [1.54, 1.807) is 0 Å². The second-order valence-electron chi connectivity index (χ2n) is 4.42. The van der Waals surface area contributed by atoms with Crippen LogP contribution >= 0.6 is 0 Å². The Balaban J connectivity index is 3.12. The van der Waals surface area contributed by atoms with E-state index in [1.165, 1.54) is 6.92 Å². The number of rotatable bonds is 3. The fraction of sp³-hybridized carbons (Fsp3) is 0.308. The van der Waals surface area contributed by atoms with Gasteiger partial charge < -0.3 is 14.9 Å². The van der Waals surface area contributed by atoms with Gasteiger partial charge in [-0.3, -0.25) is 0 Å². The van der Waals surface area contributed by atoms with E-state index in [1.807, 2.05) is 0 Å². The quantitative estimate of drug-likeness (QED) is 0.510. The summed E-state index contributed by atoms with van der Waals surface area (Å²) in [4.78, 5) is 11.2. The molecule has 0 aliphatic rings. The third kappa shape index (κ3) is 3.11. The van der Waals surface area contributed by atoms with Crippen molar-refractivity contribution < 1.29 is 32.9 Å². The summed E-state index contributed by atoms with van der Waals surface area (Å²) in [6, 6.07) is 2.69. The molecule has 4 nitrogen and oxygen atoms in total. The van der Waals surface area contributed by atoms with Crippen molar-refractivity contribution >= 4 is 5.97 Å². The fourth-order valence-electron chi connectivity index (χ4n) is 1.33. The Morgan fingerprint density at radius 1 is 1.35 bits per heavy atom. The summed E-state index contributed by atoms with van der Waals surface area (Å²) in [5.74, 6) is -1.77. The molecule has 20 heavy (non-hydrogen) atoms. The predicted octanol–water partition coefficient (Wildman–Crippen LogP) is 2.64. The monoisotopic (exact) mass is 290 g/mol. The van der Waals surface area contributed by atoms with Crippen molar-refractivity contribution in [2.45, 2.75) is 25.6 Å². The molecule has 1 aromatic carbocycles. The number of carbonyl (C=O) groups excluding carboxylic acids is 1. The van der Waals surface area contributed by atoms with Gasteiger partial charge in [0, 0.05) is 17.2 Å². The summed E-state index contributed by atoms with van der Waals surface area (Å²) in [6.07, 6.45) is -4.96. The van der Waals surface area contributed by atoms with E-state index in [2.05, 4.69) is 6.58 Å². The Kier molecular flexibility index (Phi) is 4.14. The number of halogens is 3. The van der Waals surface area contributed by atoms with E-state index in [9.17, 15) is 28.2 Å². The Morgan fingerprint density at radius 2 is 1.90 bits per heavy atom. The number of phenols is 1. The lowest BCUT2D eigenvalue weighted by molar-refractivity contribution is -0.259. The Labute approximate surface area is 113 Å². The maximum Gasteiger partial charge on any atom is 0.421 e. The second-order valence-corrected chi connectivity index (χ2v) is 4.42. The second kappa shape index (κ2) is 5.16. The van der Waals surface area contributed by atoms with Gasteiger partial charge in [0.25, 0.3) is 0 Å². The minimum Gasteiger partial charge on any atom is -0.507 e. The van der Waals surface area contributed by atoms with Crippen molar-refractivity contribution in [3.05, 3.63) is 35.9 Å². The van der Waals surface area contributed by atoms with E-state index in [-0.39, 0.29) is 11.3 Å². The molecule has 0 radical (unpaired) electrons. The summed E-state index contributed by atoms with van der Waals surface area (Å²) >= 11 is 0. The number of ether oxygens (including phenoxy) is 1. The predicted molar refractivity (Wildman–Crippen MR) is 64.2 cm³/mol. The molecule has 0 saturated carbocycles. The first-order valence-corrected chi connectivity index (χ1v) is 5.47. The van der Waals surface area contributed by atoms with Crippen LogP contribution in [0.2, 0.25) is 0 Å². The zero-order valence-electron chi connectivity index (χ0n) is 10.8. The molecule has 0 aliphatic carbocycles. The summed E-state index contributed by atoms with van der Waals surface area (Å²) in [7, 11) is 0. The molecule has 0 aliphatic heterocycles. The number of benzene rings is 1. The van der Waals surface area contributed by atoms with Gasteiger partial charge >= 0.3 is 12.1 Å². The third-order valence-corrected chi connectivity index (χ3v) is 2.60. The van der Waals surface area contributed by atoms with Crippen LogP contribution in [-0.4, -0.2) is 22.4 Å². The van der Waals surface area contributed by atoms with E-state index in [0.29, 0.717) is 6.92 Å². The molecule has 2 N–H and O–H groups in total. The van der Waals surface area contributed by atoms with Gasteiger partial charge in [-0.2, -0.15) is 13.2 Å². The standard InChI is InChI=1S/C13H13F3O4/c1-7(2)11(18)20-8-4-5-9(10(17)6-8)12(3,19)13(14,15)16/h4-6,17,19H,1H2,2-3H3. The van der Waals surface area contributed by atoms with Crippen LogP contribution < -0.4 is 4.74 Å². The largest absolute Gasteiger partial charge is 0.507 e. The van der Waals surface area contributed by atoms with Gasteiger partial charge in [-0.15, -0.1) is 0 Å². The lowest BCUT2D eigenvalue weighted by Gasteiger charge is -2.27. The van der Waals surface area contributed by atoms with Gasteiger partial charge in [-0.25, -0.2) is 4.79 Å². The summed E-state index contributed by atoms with van der Waals surface area (Å²) < 4.78 is 42.7. The molecule has 1 unspecified atom stereocenters. The highest BCUT2D eigenvalue weighted by Gasteiger charge is 2.52. The number of carbonyl (C=O) groups is 1. The zero-order chi connectivity index (χ0) is 15.7. The highest BCUT2D eigenvalue weighted by atomic mass is 19.4. The van der Waals surface area contributed by atoms with Gasteiger partial charge in [-0.05, 0) is 26.0 Å². The lowest BCUT2D eigenvalue weighted by Crippen LogP contribution is -2.39. The Hall–Kier alpha value is -2.02. The van der Waals surface area contributed by atoms with E-state index >= 15 is 0 Å². The summed E-state index contributed by atoms with van der Waals surface area (Å²) in [6.45, 7) is 5.25. The zero-order valence-corrected chi connectivity index (χ0v) is 10.8. The van der Waals surface area contributed by atoms with Crippen LogP contribution in [0.25, 0.3) is 0 Å². The normalized spacial score (nSPS) is 14.5. The highest BCUT2D eigenvalue weighted by Crippen LogP contribution is 2.42. The first-order valence-electron chi connectivity index (χ1n) is 5.47. The van der Waals surface area contributed by atoms with Crippen LogP contribution in [0.15, 0.2) is 30.4 Å². The van der Waals surface area contributed by atoms with E-state index < -0.39 is 29.1 Å². The molecule has 7 heteroatoms. The molecule has 110 valence electrons. The van der Waals surface area contributed by atoms with Crippen molar-refractivity contribution in [3.8, 4) is 11.5 Å². The topological polar surface area (TPSA) is 66.8 Å².